The SMILES string of the molecule is O=C(Nc1ccc(Cl)c(F)c1)c1cccc([P+](=O)[O-])c1. The minimum Gasteiger partial charge on any atom is -0.591 e. The summed E-state index contributed by atoms with van der Waals surface area (Å²) in [6.07, 6.45) is 0. The Morgan fingerprint density at radius 1 is 1.25 bits per heavy atom. The van der Waals surface area contributed by atoms with Crippen LogP contribution in [0.1, 0.15) is 10.4 Å². The second-order valence-electron chi connectivity index (χ2n) is 3.89. The Hall–Kier alpha value is -1.81. The number of anilines is 1. The predicted octanol–water partition coefficient (Wildman–Crippen LogP) is 2.46. The molecule has 0 saturated heterocycles. The Morgan fingerprint density at radius 2 is 2.00 bits per heavy atom. The molecule has 102 valence electrons. The van der Waals surface area contributed by atoms with Crippen LogP contribution in [0, 0.1) is 5.82 Å². The summed E-state index contributed by atoms with van der Waals surface area (Å²) in [5.74, 6) is -1.19. The Labute approximate surface area is 120 Å². The maximum atomic E-state index is 13.2. The quantitative estimate of drug-likeness (QED) is 0.885. The molecule has 0 fully saturated rings. The number of hydrogen-bond acceptors (Lipinski definition) is 3. The molecule has 0 spiro atoms. The van der Waals surface area contributed by atoms with Gasteiger partial charge in [0.2, 0.25) is 0 Å². The van der Waals surface area contributed by atoms with Crippen LogP contribution < -0.4 is 15.5 Å². The number of nitrogens with one attached hydrogen (secondary N) is 1. The van der Waals surface area contributed by atoms with Crippen molar-refractivity contribution in [2.45, 2.75) is 0 Å². The van der Waals surface area contributed by atoms with Gasteiger partial charge in [0.25, 0.3) is 5.91 Å². The molecule has 7 heteroatoms. The van der Waals surface area contributed by atoms with Gasteiger partial charge in [-0.05, 0) is 30.3 Å². The average Bonchev–Trinajstić information content (AvgIpc) is 2.43. The van der Waals surface area contributed by atoms with E-state index >= 15 is 0 Å². The van der Waals surface area contributed by atoms with Crippen molar-refractivity contribution in [1.29, 1.82) is 0 Å². The van der Waals surface area contributed by atoms with Gasteiger partial charge in [0.15, 0.2) is 5.30 Å². The highest BCUT2D eigenvalue weighted by molar-refractivity contribution is 7.45. The molecule has 0 aliphatic heterocycles. The smallest absolute Gasteiger partial charge is 0.348 e. The number of halogens is 2. The molecule has 1 unspecified atom stereocenters. The van der Waals surface area contributed by atoms with Crippen molar-refractivity contribution in [2.75, 3.05) is 5.32 Å². The van der Waals surface area contributed by atoms with Crippen LogP contribution in [-0.2, 0) is 4.57 Å². The van der Waals surface area contributed by atoms with Crippen molar-refractivity contribution in [3.63, 3.8) is 0 Å². The highest BCUT2D eigenvalue weighted by Crippen LogP contribution is 2.19. The van der Waals surface area contributed by atoms with E-state index < -0.39 is 19.8 Å². The molecule has 20 heavy (non-hydrogen) atoms. The summed E-state index contributed by atoms with van der Waals surface area (Å²) in [5.41, 5.74) is 0.394. The highest BCUT2D eigenvalue weighted by Gasteiger charge is 2.12. The topological polar surface area (TPSA) is 69.2 Å². The van der Waals surface area contributed by atoms with Gasteiger partial charge in [0.05, 0.1) is 5.02 Å². The maximum Gasteiger partial charge on any atom is 0.348 e. The summed E-state index contributed by atoms with van der Waals surface area (Å²) in [5, 5.41) is 2.45. The van der Waals surface area contributed by atoms with Gasteiger partial charge in [0, 0.05) is 17.3 Å². The molecule has 2 aromatic carbocycles. The standard InChI is InChI=1S/C13H8ClFNO3P/c14-11-5-4-9(7-12(11)15)16-13(17)8-2-1-3-10(6-8)20(18)19/h1-7H,(H,16,17). The molecule has 2 aromatic rings. The third-order valence-corrected chi connectivity index (χ3v) is 3.50. The molecule has 2 rings (SSSR count). The van der Waals surface area contributed by atoms with Gasteiger partial charge in [-0.15, -0.1) is 0 Å². The zero-order chi connectivity index (χ0) is 14.7. The van der Waals surface area contributed by atoms with E-state index in [1.54, 1.807) is 0 Å². The van der Waals surface area contributed by atoms with Gasteiger partial charge in [-0.25, -0.2) is 4.39 Å². The van der Waals surface area contributed by atoms with Crippen LogP contribution >= 0.6 is 19.6 Å². The van der Waals surface area contributed by atoms with Gasteiger partial charge < -0.3 is 10.2 Å². The fourth-order valence-corrected chi connectivity index (χ4v) is 2.11. The molecule has 0 heterocycles. The van der Waals surface area contributed by atoms with Crippen molar-refractivity contribution in [2.24, 2.45) is 0 Å². The molecule has 0 aliphatic rings. The monoisotopic (exact) mass is 311 g/mol. The maximum absolute atomic E-state index is 13.2. The lowest BCUT2D eigenvalue weighted by atomic mass is 10.2. The lowest BCUT2D eigenvalue weighted by Gasteiger charge is -2.06. The number of rotatable bonds is 3. The minimum atomic E-state index is -2.76. The fraction of sp³-hybridized carbons (Fsp3) is 0. The Kier molecular flexibility index (Phi) is 4.45. The number of benzene rings is 2. The molecule has 1 N–H and O–H groups in total. The number of amides is 1. The number of carbonyl (C=O) groups excluding carboxylic acids is 1. The third-order valence-electron chi connectivity index (χ3n) is 2.50. The summed E-state index contributed by atoms with van der Waals surface area (Å²) in [6.45, 7) is 0. The van der Waals surface area contributed by atoms with Crippen LogP contribution in [0.2, 0.25) is 5.02 Å². The fourth-order valence-electron chi connectivity index (χ4n) is 1.54. The number of carbonyl (C=O) groups is 1. The normalized spacial score (nSPS) is 11.1. The zero-order valence-corrected chi connectivity index (χ0v) is 11.6. The van der Waals surface area contributed by atoms with E-state index in [0.717, 1.165) is 6.07 Å². The van der Waals surface area contributed by atoms with Crippen LogP contribution in [0.3, 0.4) is 0 Å². The van der Waals surface area contributed by atoms with E-state index in [1.165, 1.54) is 36.4 Å². The zero-order valence-electron chi connectivity index (χ0n) is 9.97. The Morgan fingerprint density at radius 3 is 2.65 bits per heavy atom. The largest absolute Gasteiger partial charge is 0.591 e. The lowest BCUT2D eigenvalue weighted by Crippen LogP contribution is -2.15. The third kappa shape index (κ3) is 3.39. The van der Waals surface area contributed by atoms with E-state index in [2.05, 4.69) is 5.32 Å². The molecule has 1 amide bonds. The minimum absolute atomic E-state index is 0.0370. The summed E-state index contributed by atoms with van der Waals surface area (Å²) >= 11 is 5.53. The van der Waals surface area contributed by atoms with Crippen LogP contribution in [0.5, 0.6) is 0 Å². The second kappa shape index (κ2) is 6.09. The first kappa shape index (κ1) is 14.6. The molecule has 0 bridgehead atoms. The molecular weight excluding hydrogens is 304 g/mol. The van der Waals surface area contributed by atoms with Gasteiger partial charge in [-0.3, -0.25) is 4.79 Å². The number of hydrogen-bond donors (Lipinski definition) is 1. The van der Waals surface area contributed by atoms with Crippen LogP contribution in [0.15, 0.2) is 42.5 Å². The van der Waals surface area contributed by atoms with E-state index in [1.807, 2.05) is 0 Å². The summed E-state index contributed by atoms with van der Waals surface area (Å²) in [7, 11) is -2.76. The molecule has 4 nitrogen and oxygen atoms in total. The van der Waals surface area contributed by atoms with Gasteiger partial charge >= 0.3 is 8.03 Å². The van der Waals surface area contributed by atoms with Crippen LogP contribution in [-0.4, -0.2) is 5.91 Å². The highest BCUT2D eigenvalue weighted by atomic mass is 35.5. The van der Waals surface area contributed by atoms with E-state index in [0.29, 0.717) is 0 Å². The molecule has 1 atom stereocenters. The summed E-state index contributed by atoms with van der Waals surface area (Å²) in [6, 6.07) is 9.39. The molecule has 0 radical (unpaired) electrons. The van der Waals surface area contributed by atoms with Crippen molar-refractivity contribution in [1.82, 2.24) is 0 Å². The lowest BCUT2D eigenvalue weighted by molar-refractivity contribution is -0.160. The summed E-state index contributed by atoms with van der Waals surface area (Å²) < 4.78 is 24.1. The summed E-state index contributed by atoms with van der Waals surface area (Å²) in [4.78, 5) is 22.8. The van der Waals surface area contributed by atoms with Crippen molar-refractivity contribution in [3.8, 4) is 0 Å². The Bertz CT molecular complexity index is 693. The van der Waals surface area contributed by atoms with Crippen LogP contribution in [0.4, 0.5) is 10.1 Å². The van der Waals surface area contributed by atoms with E-state index in [4.69, 9.17) is 11.6 Å². The van der Waals surface area contributed by atoms with Gasteiger partial charge in [-0.2, -0.15) is 0 Å². The molecular formula is C13H8ClFNO3P. The molecule has 0 saturated carbocycles. The Balaban J connectivity index is 2.21. The predicted molar refractivity (Wildman–Crippen MR) is 73.0 cm³/mol. The first-order chi connectivity index (χ1) is 9.47. The van der Waals surface area contributed by atoms with E-state index in [-0.39, 0.29) is 21.6 Å². The molecule has 0 aliphatic carbocycles. The second-order valence-corrected chi connectivity index (χ2v) is 5.33. The molecule has 0 aromatic heterocycles. The van der Waals surface area contributed by atoms with Crippen LogP contribution in [0.25, 0.3) is 0 Å². The van der Waals surface area contributed by atoms with Crippen molar-refractivity contribution >= 4 is 36.5 Å². The first-order valence-corrected chi connectivity index (χ1v) is 7.04. The van der Waals surface area contributed by atoms with E-state index in [9.17, 15) is 18.6 Å². The average molecular weight is 312 g/mol. The van der Waals surface area contributed by atoms with Gasteiger partial charge in [-0.1, -0.05) is 22.2 Å². The van der Waals surface area contributed by atoms with Crippen molar-refractivity contribution in [3.05, 3.63) is 58.9 Å². The van der Waals surface area contributed by atoms with Gasteiger partial charge in [0.1, 0.15) is 5.82 Å². The van der Waals surface area contributed by atoms with Crippen molar-refractivity contribution < 1.29 is 18.6 Å². The first-order valence-electron chi connectivity index (χ1n) is 5.48.